The zero-order valence-electron chi connectivity index (χ0n) is 12.7. The topological polar surface area (TPSA) is 6.48 Å². The predicted molar refractivity (Wildman–Crippen MR) is 81.2 cm³/mol. The molecule has 2 aliphatic carbocycles. The predicted octanol–water partition coefficient (Wildman–Crippen LogP) is 3.00. The van der Waals surface area contributed by atoms with E-state index in [1.54, 1.807) is 0 Å². The summed E-state index contributed by atoms with van der Waals surface area (Å²) >= 11 is 0. The summed E-state index contributed by atoms with van der Waals surface area (Å²) in [5.41, 5.74) is 0. The van der Waals surface area contributed by atoms with E-state index >= 15 is 0 Å². The van der Waals surface area contributed by atoms with E-state index in [4.69, 9.17) is 0 Å². The van der Waals surface area contributed by atoms with Gasteiger partial charge < -0.3 is 4.90 Å². The van der Waals surface area contributed by atoms with Crippen LogP contribution in [0.25, 0.3) is 0 Å². The summed E-state index contributed by atoms with van der Waals surface area (Å²) in [5, 5.41) is 0. The molecule has 19 heavy (non-hydrogen) atoms. The van der Waals surface area contributed by atoms with Crippen molar-refractivity contribution in [3.8, 4) is 0 Å². The molecule has 2 fully saturated rings. The summed E-state index contributed by atoms with van der Waals surface area (Å²) < 4.78 is 0. The molecule has 3 rings (SSSR count). The molecule has 3 unspecified atom stereocenters. The van der Waals surface area contributed by atoms with Crippen LogP contribution >= 0.6 is 0 Å². The Kier molecular flexibility index (Phi) is 4.28. The van der Waals surface area contributed by atoms with Crippen LogP contribution < -0.4 is 0 Å². The molecule has 2 bridgehead atoms. The van der Waals surface area contributed by atoms with Crippen LogP contribution in [0, 0.1) is 17.8 Å². The Labute approximate surface area is 118 Å². The van der Waals surface area contributed by atoms with Gasteiger partial charge in [0.15, 0.2) is 0 Å². The minimum absolute atomic E-state index is 0.826. The molecule has 0 aromatic heterocycles. The van der Waals surface area contributed by atoms with Gasteiger partial charge in [-0.15, -0.1) is 0 Å². The van der Waals surface area contributed by atoms with E-state index in [0.717, 1.165) is 23.8 Å². The molecule has 0 aromatic carbocycles. The summed E-state index contributed by atoms with van der Waals surface area (Å²) in [4.78, 5) is 5.45. The Bertz CT molecular complexity index is 313. The van der Waals surface area contributed by atoms with Crippen molar-refractivity contribution in [1.29, 1.82) is 0 Å². The average Bonchev–Trinajstić information content (AvgIpc) is 3.04. The molecule has 1 aliphatic heterocycles. The Hall–Kier alpha value is -0.340. The van der Waals surface area contributed by atoms with E-state index in [1.807, 2.05) is 0 Å². The van der Waals surface area contributed by atoms with Crippen LogP contribution in [-0.2, 0) is 0 Å². The van der Waals surface area contributed by atoms with Crippen molar-refractivity contribution < 1.29 is 0 Å². The van der Waals surface area contributed by atoms with E-state index in [1.165, 1.54) is 58.4 Å². The number of fused-ring (bicyclic) bond motifs is 2. The van der Waals surface area contributed by atoms with Crippen LogP contribution in [0.3, 0.4) is 0 Å². The Morgan fingerprint density at radius 1 is 1.00 bits per heavy atom. The Balaban J connectivity index is 1.44. The van der Waals surface area contributed by atoms with Crippen LogP contribution in [0.4, 0.5) is 0 Å². The highest BCUT2D eigenvalue weighted by Crippen LogP contribution is 2.43. The van der Waals surface area contributed by atoms with Crippen LogP contribution in [0.2, 0.25) is 0 Å². The lowest BCUT2D eigenvalue weighted by Gasteiger charge is -2.40. The van der Waals surface area contributed by atoms with Gasteiger partial charge in [-0.25, -0.2) is 0 Å². The largest absolute Gasteiger partial charge is 0.300 e. The summed E-state index contributed by atoms with van der Waals surface area (Å²) in [6.07, 6.45) is 10.5. The third-order valence-corrected chi connectivity index (χ3v) is 5.77. The maximum Gasteiger partial charge on any atom is 0.0113 e. The van der Waals surface area contributed by atoms with Crippen molar-refractivity contribution in [2.75, 3.05) is 32.7 Å². The van der Waals surface area contributed by atoms with Crippen molar-refractivity contribution in [2.45, 2.75) is 45.6 Å². The highest BCUT2D eigenvalue weighted by molar-refractivity contribution is 5.10. The molecule has 108 valence electrons. The molecular weight excluding hydrogens is 232 g/mol. The van der Waals surface area contributed by atoms with Gasteiger partial charge in [0.25, 0.3) is 0 Å². The molecule has 2 nitrogen and oxygen atoms in total. The summed E-state index contributed by atoms with van der Waals surface area (Å²) in [6, 6.07) is 0.826. The van der Waals surface area contributed by atoms with Crippen molar-refractivity contribution in [3.05, 3.63) is 12.2 Å². The molecule has 1 saturated carbocycles. The van der Waals surface area contributed by atoms with Gasteiger partial charge in [0, 0.05) is 38.8 Å². The van der Waals surface area contributed by atoms with Gasteiger partial charge >= 0.3 is 0 Å². The summed E-state index contributed by atoms with van der Waals surface area (Å²) in [7, 11) is 0. The smallest absolute Gasteiger partial charge is 0.0113 e. The molecular formula is C17H30N2. The van der Waals surface area contributed by atoms with Crippen LogP contribution in [-0.4, -0.2) is 48.6 Å². The van der Waals surface area contributed by atoms with E-state index in [2.05, 4.69) is 35.8 Å². The maximum absolute atomic E-state index is 2.73. The molecule has 0 radical (unpaired) electrons. The van der Waals surface area contributed by atoms with Gasteiger partial charge in [0.2, 0.25) is 0 Å². The number of rotatable bonds is 5. The van der Waals surface area contributed by atoms with Gasteiger partial charge in [0.05, 0.1) is 0 Å². The standard InChI is InChI=1S/C17H30N2/c1-3-17(4-2)19-9-7-18(8-10-19)13-16-12-14-5-6-15(16)11-14/h5-6,14-17H,3-4,7-13H2,1-2H3. The maximum atomic E-state index is 2.73. The second kappa shape index (κ2) is 5.97. The Morgan fingerprint density at radius 2 is 1.74 bits per heavy atom. The lowest BCUT2D eigenvalue weighted by atomic mass is 9.93. The first kappa shape index (κ1) is 13.6. The van der Waals surface area contributed by atoms with E-state index in [9.17, 15) is 0 Å². The van der Waals surface area contributed by atoms with E-state index in [-0.39, 0.29) is 0 Å². The number of nitrogens with zero attached hydrogens (tertiary/aromatic N) is 2. The number of hydrogen-bond donors (Lipinski definition) is 0. The van der Waals surface area contributed by atoms with Crippen LogP contribution in [0.1, 0.15) is 39.5 Å². The quantitative estimate of drug-likeness (QED) is 0.703. The second-order valence-electron chi connectivity index (χ2n) is 6.85. The van der Waals surface area contributed by atoms with Gasteiger partial charge in [0.1, 0.15) is 0 Å². The van der Waals surface area contributed by atoms with Crippen molar-refractivity contribution in [2.24, 2.45) is 17.8 Å². The Morgan fingerprint density at radius 3 is 2.26 bits per heavy atom. The summed E-state index contributed by atoms with van der Waals surface area (Å²) in [5.74, 6) is 2.82. The van der Waals surface area contributed by atoms with Gasteiger partial charge in [-0.05, 0) is 43.4 Å². The van der Waals surface area contributed by atoms with Crippen molar-refractivity contribution in [1.82, 2.24) is 9.80 Å². The molecule has 0 N–H and O–H groups in total. The number of hydrogen-bond acceptors (Lipinski definition) is 2. The fourth-order valence-corrected chi connectivity index (χ4v) is 4.55. The first-order valence-corrected chi connectivity index (χ1v) is 8.44. The van der Waals surface area contributed by atoms with Gasteiger partial charge in [-0.1, -0.05) is 26.0 Å². The number of allylic oxidation sites excluding steroid dienone is 2. The van der Waals surface area contributed by atoms with E-state index in [0.29, 0.717) is 0 Å². The third kappa shape index (κ3) is 2.90. The molecule has 0 aromatic rings. The number of piperazine rings is 1. The zero-order valence-corrected chi connectivity index (χ0v) is 12.7. The third-order valence-electron chi connectivity index (χ3n) is 5.77. The highest BCUT2D eigenvalue weighted by atomic mass is 15.3. The second-order valence-corrected chi connectivity index (χ2v) is 6.85. The highest BCUT2D eigenvalue weighted by Gasteiger charge is 2.36. The average molecular weight is 262 g/mol. The van der Waals surface area contributed by atoms with Crippen molar-refractivity contribution >= 4 is 0 Å². The molecule has 2 heteroatoms. The first-order chi connectivity index (χ1) is 9.30. The fraction of sp³-hybridized carbons (Fsp3) is 0.882. The lowest BCUT2D eigenvalue weighted by Crippen LogP contribution is -2.51. The SMILES string of the molecule is CCC(CC)N1CCN(CC2CC3C=CC2C3)CC1. The zero-order chi connectivity index (χ0) is 13.2. The monoisotopic (exact) mass is 262 g/mol. The molecule has 0 spiro atoms. The van der Waals surface area contributed by atoms with E-state index < -0.39 is 0 Å². The lowest BCUT2D eigenvalue weighted by molar-refractivity contribution is 0.0796. The van der Waals surface area contributed by atoms with Crippen molar-refractivity contribution in [3.63, 3.8) is 0 Å². The normalized spacial score (nSPS) is 35.6. The molecule has 3 atom stereocenters. The molecule has 3 aliphatic rings. The van der Waals surface area contributed by atoms with Crippen LogP contribution in [0.5, 0.6) is 0 Å². The molecule has 0 amide bonds. The molecule has 1 saturated heterocycles. The molecule has 1 heterocycles. The minimum Gasteiger partial charge on any atom is -0.300 e. The van der Waals surface area contributed by atoms with Gasteiger partial charge in [-0.2, -0.15) is 0 Å². The first-order valence-electron chi connectivity index (χ1n) is 8.44. The van der Waals surface area contributed by atoms with Crippen LogP contribution in [0.15, 0.2) is 12.2 Å². The van der Waals surface area contributed by atoms with Gasteiger partial charge in [-0.3, -0.25) is 4.90 Å². The fourth-order valence-electron chi connectivity index (χ4n) is 4.55. The minimum atomic E-state index is 0.826. The summed E-state index contributed by atoms with van der Waals surface area (Å²) in [6.45, 7) is 11.2.